The van der Waals surface area contributed by atoms with E-state index in [-0.39, 0.29) is 11.8 Å². The van der Waals surface area contributed by atoms with Crippen molar-refractivity contribution in [3.05, 3.63) is 54.5 Å². The molecular formula is C14H15NO2. The SMILES string of the molecule is CC(CC(=O)Nc1ccccc1)c1ccco1. The molecule has 17 heavy (non-hydrogen) atoms. The van der Waals surface area contributed by atoms with Gasteiger partial charge in [0.1, 0.15) is 5.76 Å². The molecule has 1 aromatic heterocycles. The molecule has 88 valence electrons. The number of hydrogen-bond donors (Lipinski definition) is 1. The lowest BCUT2D eigenvalue weighted by molar-refractivity contribution is -0.116. The number of anilines is 1. The van der Waals surface area contributed by atoms with Gasteiger partial charge in [-0.25, -0.2) is 0 Å². The minimum atomic E-state index is 0.0000926. The van der Waals surface area contributed by atoms with Crippen molar-refractivity contribution in [2.75, 3.05) is 5.32 Å². The summed E-state index contributed by atoms with van der Waals surface area (Å²) in [5.74, 6) is 0.932. The maximum Gasteiger partial charge on any atom is 0.225 e. The molecule has 0 fully saturated rings. The van der Waals surface area contributed by atoms with Gasteiger partial charge >= 0.3 is 0 Å². The number of carbonyl (C=O) groups excluding carboxylic acids is 1. The zero-order chi connectivity index (χ0) is 12.1. The van der Waals surface area contributed by atoms with Crippen LogP contribution in [-0.2, 0) is 4.79 Å². The number of rotatable bonds is 4. The fourth-order valence-electron chi connectivity index (χ4n) is 1.68. The van der Waals surface area contributed by atoms with E-state index in [1.54, 1.807) is 6.26 Å². The molecule has 1 heterocycles. The van der Waals surface area contributed by atoms with Crippen LogP contribution >= 0.6 is 0 Å². The van der Waals surface area contributed by atoms with Crippen LogP contribution in [0.2, 0.25) is 0 Å². The molecule has 1 unspecified atom stereocenters. The Balaban J connectivity index is 1.90. The number of para-hydroxylation sites is 1. The number of carbonyl (C=O) groups is 1. The van der Waals surface area contributed by atoms with E-state index in [0.717, 1.165) is 11.4 Å². The molecule has 1 N–H and O–H groups in total. The molecule has 2 rings (SSSR count). The van der Waals surface area contributed by atoms with Gasteiger partial charge in [0.15, 0.2) is 0 Å². The van der Waals surface area contributed by atoms with Crippen molar-refractivity contribution >= 4 is 11.6 Å². The van der Waals surface area contributed by atoms with E-state index in [1.807, 2.05) is 49.4 Å². The number of benzene rings is 1. The molecule has 0 spiro atoms. The van der Waals surface area contributed by atoms with Crippen LogP contribution in [0.4, 0.5) is 5.69 Å². The number of furan rings is 1. The maximum absolute atomic E-state index is 11.8. The fourth-order valence-corrected chi connectivity index (χ4v) is 1.68. The van der Waals surface area contributed by atoms with Gasteiger partial charge < -0.3 is 9.73 Å². The van der Waals surface area contributed by atoms with Gasteiger partial charge in [-0.2, -0.15) is 0 Å². The van der Waals surface area contributed by atoms with E-state index in [2.05, 4.69) is 5.32 Å². The van der Waals surface area contributed by atoms with Crippen molar-refractivity contribution in [2.24, 2.45) is 0 Å². The third kappa shape index (κ3) is 3.21. The van der Waals surface area contributed by atoms with Crippen molar-refractivity contribution < 1.29 is 9.21 Å². The van der Waals surface area contributed by atoms with E-state index < -0.39 is 0 Å². The Morgan fingerprint density at radius 3 is 2.65 bits per heavy atom. The molecule has 1 aromatic carbocycles. The van der Waals surface area contributed by atoms with E-state index in [1.165, 1.54) is 0 Å². The zero-order valence-electron chi connectivity index (χ0n) is 9.72. The first-order valence-electron chi connectivity index (χ1n) is 5.64. The standard InChI is InChI=1S/C14H15NO2/c1-11(13-8-5-9-17-13)10-14(16)15-12-6-3-2-4-7-12/h2-9,11H,10H2,1H3,(H,15,16). The number of amides is 1. The highest BCUT2D eigenvalue weighted by Crippen LogP contribution is 2.19. The minimum Gasteiger partial charge on any atom is -0.469 e. The maximum atomic E-state index is 11.8. The summed E-state index contributed by atoms with van der Waals surface area (Å²) in [5, 5.41) is 2.85. The second-order valence-electron chi connectivity index (χ2n) is 4.03. The Kier molecular flexibility index (Phi) is 3.60. The molecule has 0 bridgehead atoms. The highest BCUT2D eigenvalue weighted by atomic mass is 16.3. The Morgan fingerprint density at radius 1 is 1.24 bits per heavy atom. The molecule has 1 atom stereocenters. The summed E-state index contributed by atoms with van der Waals surface area (Å²) in [6.45, 7) is 1.98. The molecule has 3 heteroatoms. The second-order valence-corrected chi connectivity index (χ2v) is 4.03. The normalized spacial score (nSPS) is 12.1. The lowest BCUT2D eigenvalue weighted by Gasteiger charge is -2.09. The van der Waals surface area contributed by atoms with Crippen LogP contribution < -0.4 is 5.32 Å². The predicted molar refractivity (Wildman–Crippen MR) is 66.8 cm³/mol. The quantitative estimate of drug-likeness (QED) is 0.872. The molecule has 0 aliphatic rings. The van der Waals surface area contributed by atoms with Crippen molar-refractivity contribution in [1.29, 1.82) is 0 Å². The highest BCUT2D eigenvalue weighted by Gasteiger charge is 2.13. The zero-order valence-corrected chi connectivity index (χ0v) is 9.72. The summed E-state index contributed by atoms with van der Waals surface area (Å²) >= 11 is 0. The topological polar surface area (TPSA) is 42.2 Å². The van der Waals surface area contributed by atoms with E-state index >= 15 is 0 Å². The fraction of sp³-hybridized carbons (Fsp3) is 0.214. The molecule has 1 amide bonds. The molecule has 0 aliphatic heterocycles. The van der Waals surface area contributed by atoms with Crippen LogP contribution in [0.15, 0.2) is 53.1 Å². The van der Waals surface area contributed by atoms with Gasteiger partial charge in [0.2, 0.25) is 5.91 Å². The van der Waals surface area contributed by atoms with E-state index in [9.17, 15) is 4.79 Å². The molecule has 0 saturated heterocycles. The Hall–Kier alpha value is -2.03. The van der Waals surface area contributed by atoms with Crippen molar-refractivity contribution in [3.63, 3.8) is 0 Å². The summed E-state index contributed by atoms with van der Waals surface area (Å²) < 4.78 is 5.27. The molecule has 0 aliphatic carbocycles. The second kappa shape index (κ2) is 5.34. The van der Waals surface area contributed by atoms with E-state index in [4.69, 9.17) is 4.42 Å². The first kappa shape index (κ1) is 11.5. The average Bonchev–Trinajstić information content (AvgIpc) is 2.83. The minimum absolute atomic E-state index is 0.0000926. The Labute approximate surface area is 100 Å². The van der Waals surface area contributed by atoms with Gasteiger partial charge in [0.25, 0.3) is 0 Å². The highest BCUT2D eigenvalue weighted by molar-refractivity contribution is 5.91. The molecule has 2 aromatic rings. The molecule has 0 saturated carbocycles. The van der Waals surface area contributed by atoms with Crippen molar-refractivity contribution in [3.8, 4) is 0 Å². The summed E-state index contributed by atoms with van der Waals surface area (Å²) in [6, 6.07) is 13.2. The lowest BCUT2D eigenvalue weighted by Crippen LogP contribution is -2.14. The van der Waals surface area contributed by atoms with Gasteiger partial charge in [0, 0.05) is 18.0 Å². The Bertz CT molecular complexity index is 462. The third-order valence-corrected chi connectivity index (χ3v) is 2.58. The van der Waals surface area contributed by atoms with Crippen LogP contribution in [0.5, 0.6) is 0 Å². The lowest BCUT2D eigenvalue weighted by atomic mass is 10.0. The van der Waals surface area contributed by atoms with Crippen molar-refractivity contribution in [1.82, 2.24) is 0 Å². The smallest absolute Gasteiger partial charge is 0.225 e. The number of nitrogens with one attached hydrogen (secondary N) is 1. The first-order chi connectivity index (χ1) is 8.25. The average molecular weight is 229 g/mol. The summed E-state index contributed by atoms with van der Waals surface area (Å²) in [5.41, 5.74) is 0.823. The Morgan fingerprint density at radius 2 is 2.00 bits per heavy atom. The van der Waals surface area contributed by atoms with Gasteiger partial charge in [-0.05, 0) is 24.3 Å². The monoisotopic (exact) mass is 229 g/mol. The summed E-state index contributed by atoms with van der Waals surface area (Å²) in [7, 11) is 0. The van der Waals surface area contributed by atoms with Crippen molar-refractivity contribution in [2.45, 2.75) is 19.3 Å². The first-order valence-corrected chi connectivity index (χ1v) is 5.64. The molecule has 0 radical (unpaired) electrons. The van der Waals surface area contributed by atoms with Gasteiger partial charge in [-0.1, -0.05) is 25.1 Å². The van der Waals surface area contributed by atoms with E-state index in [0.29, 0.717) is 6.42 Å². The van der Waals surface area contributed by atoms with Gasteiger partial charge in [-0.15, -0.1) is 0 Å². The van der Waals surface area contributed by atoms with Crippen LogP contribution in [0, 0.1) is 0 Å². The molecule has 3 nitrogen and oxygen atoms in total. The summed E-state index contributed by atoms with van der Waals surface area (Å²) in [4.78, 5) is 11.8. The van der Waals surface area contributed by atoms with Crippen LogP contribution in [0.3, 0.4) is 0 Å². The number of hydrogen-bond acceptors (Lipinski definition) is 2. The summed E-state index contributed by atoms with van der Waals surface area (Å²) in [6.07, 6.45) is 2.04. The van der Waals surface area contributed by atoms with Crippen LogP contribution in [0.1, 0.15) is 25.0 Å². The van der Waals surface area contributed by atoms with Gasteiger partial charge in [0.05, 0.1) is 6.26 Å². The molecular weight excluding hydrogens is 214 g/mol. The predicted octanol–water partition coefficient (Wildman–Crippen LogP) is 3.41. The van der Waals surface area contributed by atoms with Crippen LogP contribution in [0.25, 0.3) is 0 Å². The largest absolute Gasteiger partial charge is 0.469 e. The van der Waals surface area contributed by atoms with Gasteiger partial charge in [-0.3, -0.25) is 4.79 Å². The third-order valence-electron chi connectivity index (χ3n) is 2.58. The van der Waals surface area contributed by atoms with Crippen LogP contribution in [-0.4, -0.2) is 5.91 Å².